The minimum atomic E-state index is -1.23. The molecule has 0 atom stereocenters. The van der Waals surface area contributed by atoms with E-state index in [0.29, 0.717) is 16.0 Å². The number of hydrogen-bond donors (Lipinski definition) is 1. The Hall–Kier alpha value is -2.36. The van der Waals surface area contributed by atoms with Crippen molar-refractivity contribution in [2.75, 3.05) is 0 Å². The fourth-order valence-corrected chi connectivity index (χ4v) is 1.48. The molecule has 0 saturated heterocycles. The van der Waals surface area contributed by atoms with Crippen molar-refractivity contribution in [2.45, 2.75) is 0 Å². The highest BCUT2D eigenvalue weighted by molar-refractivity contribution is 5.84. The summed E-state index contributed by atoms with van der Waals surface area (Å²) in [6, 6.07) is 13.4. The fraction of sp³-hybridized carbons (Fsp3) is 0. The molecule has 0 spiro atoms. The number of carboxylic acids is 1. The van der Waals surface area contributed by atoms with E-state index in [0.717, 1.165) is 0 Å². The summed E-state index contributed by atoms with van der Waals surface area (Å²) in [7, 11) is 0. The minimum absolute atomic E-state index is 0.277. The van der Waals surface area contributed by atoms with Crippen molar-refractivity contribution in [2.24, 2.45) is 0 Å². The maximum absolute atomic E-state index is 11.7. The Labute approximate surface area is 92.0 Å². The summed E-state index contributed by atoms with van der Waals surface area (Å²) in [6.45, 7) is 0. The van der Waals surface area contributed by atoms with E-state index in [-0.39, 0.29) is 5.69 Å². The average Bonchev–Trinajstić information content (AvgIpc) is 2.30. The summed E-state index contributed by atoms with van der Waals surface area (Å²) in [4.78, 5) is 10.8. The first-order chi connectivity index (χ1) is 7.70. The van der Waals surface area contributed by atoms with Crippen LogP contribution in [0.5, 0.6) is 0 Å². The van der Waals surface area contributed by atoms with Crippen molar-refractivity contribution in [3.05, 3.63) is 59.4 Å². The van der Waals surface area contributed by atoms with Crippen LogP contribution in [0, 0.1) is 5.21 Å². The summed E-state index contributed by atoms with van der Waals surface area (Å²) in [6.07, 6.45) is 0. The smallest absolute Gasteiger partial charge is 0.402 e. The quantitative estimate of drug-likeness (QED) is 0.612. The molecule has 0 radical (unpaired) electrons. The number of rotatable bonds is 2. The normalized spacial score (nSPS) is 10.0. The number of benzene rings is 1. The summed E-state index contributed by atoms with van der Waals surface area (Å²) < 4.78 is 0.428. The van der Waals surface area contributed by atoms with Crippen molar-refractivity contribution in [3.63, 3.8) is 0 Å². The van der Waals surface area contributed by atoms with Gasteiger partial charge >= 0.3 is 11.7 Å². The van der Waals surface area contributed by atoms with Crippen molar-refractivity contribution in [1.29, 1.82) is 0 Å². The van der Waals surface area contributed by atoms with E-state index >= 15 is 0 Å². The molecule has 1 aromatic carbocycles. The molecule has 4 heteroatoms. The Balaban J connectivity index is 2.59. The van der Waals surface area contributed by atoms with Gasteiger partial charge in [0.05, 0.1) is 0 Å². The van der Waals surface area contributed by atoms with Gasteiger partial charge in [-0.05, 0) is 18.2 Å². The van der Waals surface area contributed by atoms with Crippen LogP contribution in [0.1, 0.15) is 10.5 Å². The lowest BCUT2D eigenvalue weighted by molar-refractivity contribution is -0.596. The van der Waals surface area contributed by atoms with Gasteiger partial charge in [0.2, 0.25) is 5.69 Å². The van der Waals surface area contributed by atoms with Gasteiger partial charge in [-0.2, -0.15) is 4.73 Å². The first kappa shape index (κ1) is 10.2. The molecule has 0 aliphatic heterocycles. The average molecular weight is 215 g/mol. The number of aromatic carboxylic acids is 1. The maximum Gasteiger partial charge on any atom is 0.402 e. The van der Waals surface area contributed by atoms with Crippen molar-refractivity contribution >= 4 is 5.97 Å². The molecular formula is C12H9NO3. The highest BCUT2D eigenvalue weighted by Gasteiger charge is 2.18. The largest absolute Gasteiger partial charge is 0.618 e. The zero-order valence-corrected chi connectivity index (χ0v) is 8.33. The number of carbonyl (C=O) groups is 1. The molecule has 0 saturated carbocycles. The second kappa shape index (κ2) is 4.02. The number of nitrogens with zero attached hydrogens (tertiary/aromatic N) is 1. The van der Waals surface area contributed by atoms with Gasteiger partial charge in [-0.1, -0.05) is 18.2 Å². The number of carboxylic acid groups (broad SMARTS) is 1. The van der Waals surface area contributed by atoms with E-state index in [1.807, 2.05) is 6.07 Å². The molecule has 0 unspecified atom stereocenters. The second-order valence-electron chi connectivity index (χ2n) is 3.26. The van der Waals surface area contributed by atoms with E-state index in [1.54, 1.807) is 36.4 Å². The monoisotopic (exact) mass is 215 g/mol. The molecule has 1 heterocycles. The Bertz CT molecular complexity index is 523. The van der Waals surface area contributed by atoms with Crippen LogP contribution in [-0.4, -0.2) is 11.1 Å². The fourth-order valence-electron chi connectivity index (χ4n) is 1.48. The summed E-state index contributed by atoms with van der Waals surface area (Å²) in [5.41, 5.74) is 0.752. The van der Waals surface area contributed by atoms with Crippen LogP contribution in [0.4, 0.5) is 0 Å². The standard InChI is InChI=1S/C12H9NO3/c14-12(15)11-8-4-7-10(13(11)16)9-5-2-1-3-6-9/h1-8H,(H,14,15). The van der Waals surface area contributed by atoms with Crippen LogP contribution < -0.4 is 4.73 Å². The third kappa shape index (κ3) is 1.72. The van der Waals surface area contributed by atoms with Crippen molar-refractivity contribution in [1.82, 2.24) is 0 Å². The third-order valence-electron chi connectivity index (χ3n) is 2.23. The van der Waals surface area contributed by atoms with Gasteiger partial charge in [-0.25, -0.2) is 4.79 Å². The molecule has 2 rings (SSSR count). The second-order valence-corrected chi connectivity index (χ2v) is 3.26. The van der Waals surface area contributed by atoms with Crippen LogP contribution in [0.2, 0.25) is 0 Å². The van der Waals surface area contributed by atoms with Crippen LogP contribution in [0.15, 0.2) is 48.5 Å². The van der Waals surface area contributed by atoms with Gasteiger partial charge in [0.25, 0.3) is 0 Å². The first-order valence-electron chi connectivity index (χ1n) is 4.71. The molecule has 80 valence electrons. The molecule has 16 heavy (non-hydrogen) atoms. The molecule has 2 aromatic rings. The lowest BCUT2D eigenvalue weighted by atomic mass is 10.1. The van der Waals surface area contributed by atoms with E-state index in [2.05, 4.69) is 0 Å². The van der Waals surface area contributed by atoms with Gasteiger partial charge in [0.1, 0.15) is 0 Å². The molecule has 1 aromatic heterocycles. The first-order valence-corrected chi connectivity index (χ1v) is 4.71. The van der Waals surface area contributed by atoms with E-state index < -0.39 is 5.97 Å². The third-order valence-corrected chi connectivity index (χ3v) is 2.23. The van der Waals surface area contributed by atoms with Gasteiger partial charge in [-0.15, -0.1) is 0 Å². The highest BCUT2D eigenvalue weighted by atomic mass is 16.5. The van der Waals surface area contributed by atoms with Gasteiger partial charge < -0.3 is 10.3 Å². The summed E-state index contributed by atoms with van der Waals surface area (Å²) in [5.74, 6) is -1.23. The number of hydrogen-bond acceptors (Lipinski definition) is 2. The Kier molecular flexibility index (Phi) is 2.55. The van der Waals surface area contributed by atoms with E-state index in [4.69, 9.17) is 5.11 Å². The number of pyridine rings is 1. The molecule has 1 N–H and O–H groups in total. The lowest BCUT2D eigenvalue weighted by Gasteiger charge is -2.06. The molecule has 4 nitrogen and oxygen atoms in total. The van der Waals surface area contributed by atoms with Crippen LogP contribution in [-0.2, 0) is 0 Å². The maximum atomic E-state index is 11.7. The molecule has 0 amide bonds. The molecule has 0 aliphatic rings. The topological polar surface area (TPSA) is 64.2 Å². The molecule has 0 bridgehead atoms. The van der Waals surface area contributed by atoms with Crippen LogP contribution >= 0.6 is 0 Å². The summed E-state index contributed by atoms with van der Waals surface area (Å²) in [5, 5.41) is 20.6. The van der Waals surface area contributed by atoms with E-state index in [1.165, 1.54) is 6.07 Å². The van der Waals surface area contributed by atoms with Crippen LogP contribution in [0.3, 0.4) is 0 Å². The van der Waals surface area contributed by atoms with Gasteiger partial charge in [0, 0.05) is 17.7 Å². The molecule has 0 fully saturated rings. The van der Waals surface area contributed by atoms with E-state index in [9.17, 15) is 10.0 Å². The highest BCUT2D eigenvalue weighted by Crippen LogP contribution is 2.14. The SMILES string of the molecule is O=C(O)c1cccc(-c2ccccc2)[n+]1[O-]. The Morgan fingerprint density at radius 1 is 1.06 bits per heavy atom. The predicted molar refractivity (Wildman–Crippen MR) is 57.8 cm³/mol. The number of aromatic nitrogens is 1. The molecule has 0 aliphatic carbocycles. The van der Waals surface area contributed by atoms with Gasteiger partial charge in [0.15, 0.2) is 0 Å². The lowest BCUT2D eigenvalue weighted by Crippen LogP contribution is -2.36. The summed E-state index contributed by atoms with van der Waals surface area (Å²) >= 11 is 0. The van der Waals surface area contributed by atoms with Crippen LogP contribution in [0.25, 0.3) is 11.3 Å². The van der Waals surface area contributed by atoms with Crippen molar-refractivity contribution < 1.29 is 14.6 Å². The van der Waals surface area contributed by atoms with Crippen molar-refractivity contribution in [3.8, 4) is 11.3 Å². The zero-order chi connectivity index (χ0) is 11.5. The Morgan fingerprint density at radius 3 is 2.38 bits per heavy atom. The Morgan fingerprint density at radius 2 is 1.75 bits per heavy atom. The minimum Gasteiger partial charge on any atom is -0.618 e. The predicted octanol–water partition coefficient (Wildman–Crippen LogP) is 1.69. The van der Waals surface area contributed by atoms with Gasteiger partial charge in [-0.3, -0.25) is 0 Å². The zero-order valence-electron chi connectivity index (χ0n) is 8.33. The molecular weight excluding hydrogens is 206 g/mol.